The summed E-state index contributed by atoms with van der Waals surface area (Å²) in [5, 5.41) is 5.06. The summed E-state index contributed by atoms with van der Waals surface area (Å²) in [6.45, 7) is 3.61. The summed E-state index contributed by atoms with van der Waals surface area (Å²) < 4.78 is 0. The Balaban J connectivity index is 1.73. The summed E-state index contributed by atoms with van der Waals surface area (Å²) >= 11 is 3.17. The molecule has 2 aromatic heterocycles. The Morgan fingerprint density at radius 2 is 2.37 bits per heavy atom. The SMILES string of the molecule is Cc1csc([C@H]2CCCN(C(=O)c3cscn3)C2)n1. The molecule has 0 aliphatic carbocycles. The second kappa shape index (κ2) is 5.38. The average molecular weight is 293 g/mol. The maximum atomic E-state index is 12.3. The molecule has 6 heteroatoms. The van der Waals surface area contributed by atoms with Gasteiger partial charge >= 0.3 is 0 Å². The molecule has 0 saturated carbocycles. The van der Waals surface area contributed by atoms with Crippen molar-refractivity contribution in [3.05, 3.63) is 32.7 Å². The Bertz CT molecular complexity index is 564. The second-order valence-electron chi connectivity index (χ2n) is 4.79. The molecule has 2 aromatic rings. The molecule has 1 saturated heterocycles. The lowest BCUT2D eigenvalue weighted by atomic mass is 9.98. The van der Waals surface area contributed by atoms with E-state index in [1.54, 1.807) is 16.8 Å². The van der Waals surface area contributed by atoms with E-state index >= 15 is 0 Å². The van der Waals surface area contributed by atoms with E-state index in [1.807, 2.05) is 17.2 Å². The molecular weight excluding hydrogens is 278 g/mol. The van der Waals surface area contributed by atoms with Crippen LogP contribution in [0.5, 0.6) is 0 Å². The fourth-order valence-electron chi connectivity index (χ4n) is 2.40. The van der Waals surface area contributed by atoms with Gasteiger partial charge in [-0.05, 0) is 19.8 Å². The van der Waals surface area contributed by atoms with Gasteiger partial charge in [0.05, 0.1) is 10.5 Å². The third-order valence-corrected chi connectivity index (χ3v) is 5.06. The minimum absolute atomic E-state index is 0.0548. The minimum Gasteiger partial charge on any atom is -0.337 e. The summed E-state index contributed by atoms with van der Waals surface area (Å²) in [7, 11) is 0. The Hall–Kier alpha value is -1.27. The van der Waals surface area contributed by atoms with Gasteiger partial charge in [0.15, 0.2) is 0 Å². The van der Waals surface area contributed by atoms with Crippen LogP contribution in [0.15, 0.2) is 16.3 Å². The first-order valence-corrected chi connectivity index (χ1v) is 8.16. The molecule has 1 aliphatic heterocycles. The molecule has 1 aliphatic rings. The zero-order valence-electron chi connectivity index (χ0n) is 10.7. The van der Waals surface area contributed by atoms with Gasteiger partial charge in [-0.2, -0.15) is 0 Å². The average Bonchev–Trinajstić information content (AvgIpc) is 3.09. The highest BCUT2D eigenvalue weighted by Crippen LogP contribution is 2.29. The molecular formula is C13H15N3OS2. The van der Waals surface area contributed by atoms with Crippen LogP contribution in [0.2, 0.25) is 0 Å². The third kappa shape index (κ3) is 2.69. The highest BCUT2D eigenvalue weighted by Gasteiger charge is 2.27. The Labute approximate surface area is 120 Å². The quantitative estimate of drug-likeness (QED) is 0.855. The van der Waals surface area contributed by atoms with Crippen molar-refractivity contribution in [3.63, 3.8) is 0 Å². The first-order chi connectivity index (χ1) is 9.24. The standard InChI is InChI=1S/C13H15N3OS2/c1-9-6-19-12(15-9)10-3-2-4-16(5-10)13(17)11-7-18-8-14-11/h6-8,10H,2-5H2,1H3/t10-/m0/s1. The van der Waals surface area contributed by atoms with E-state index < -0.39 is 0 Å². The van der Waals surface area contributed by atoms with Crippen LogP contribution in [0, 0.1) is 6.92 Å². The highest BCUT2D eigenvalue weighted by molar-refractivity contribution is 7.09. The monoisotopic (exact) mass is 293 g/mol. The Morgan fingerprint density at radius 1 is 1.47 bits per heavy atom. The number of likely N-dealkylation sites (tertiary alicyclic amines) is 1. The zero-order valence-corrected chi connectivity index (χ0v) is 12.3. The van der Waals surface area contributed by atoms with Gasteiger partial charge in [0, 0.05) is 35.5 Å². The van der Waals surface area contributed by atoms with E-state index in [9.17, 15) is 4.79 Å². The third-order valence-electron chi connectivity index (χ3n) is 3.35. The number of carbonyl (C=O) groups is 1. The van der Waals surface area contributed by atoms with E-state index in [0.717, 1.165) is 36.6 Å². The van der Waals surface area contributed by atoms with Gasteiger partial charge in [-0.3, -0.25) is 4.79 Å². The molecule has 0 N–H and O–H groups in total. The van der Waals surface area contributed by atoms with Crippen molar-refractivity contribution in [2.75, 3.05) is 13.1 Å². The molecule has 0 aromatic carbocycles. The molecule has 0 spiro atoms. The molecule has 1 amide bonds. The number of rotatable bonds is 2. The van der Waals surface area contributed by atoms with Crippen molar-refractivity contribution in [1.29, 1.82) is 0 Å². The topological polar surface area (TPSA) is 46.1 Å². The summed E-state index contributed by atoms with van der Waals surface area (Å²) in [5.41, 5.74) is 3.35. The number of hydrogen-bond donors (Lipinski definition) is 0. The summed E-state index contributed by atoms with van der Waals surface area (Å²) in [5.74, 6) is 0.439. The summed E-state index contributed by atoms with van der Waals surface area (Å²) in [6.07, 6.45) is 2.16. The number of nitrogens with zero attached hydrogens (tertiary/aromatic N) is 3. The first kappa shape index (κ1) is 12.7. The number of carbonyl (C=O) groups excluding carboxylic acids is 1. The van der Waals surface area contributed by atoms with Gasteiger partial charge < -0.3 is 4.90 Å². The maximum Gasteiger partial charge on any atom is 0.273 e. The molecule has 3 heterocycles. The molecule has 0 bridgehead atoms. The fraction of sp³-hybridized carbons (Fsp3) is 0.462. The maximum absolute atomic E-state index is 12.3. The number of aromatic nitrogens is 2. The molecule has 4 nitrogen and oxygen atoms in total. The van der Waals surface area contributed by atoms with Crippen LogP contribution >= 0.6 is 22.7 Å². The van der Waals surface area contributed by atoms with Gasteiger partial charge in [-0.1, -0.05) is 0 Å². The van der Waals surface area contributed by atoms with Crippen molar-refractivity contribution in [3.8, 4) is 0 Å². The normalized spacial score (nSPS) is 19.6. The van der Waals surface area contributed by atoms with Crippen molar-refractivity contribution in [1.82, 2.24) is 14.9 Å². The zero-order chi connectivity index (χ0) is 13.2. The van der Waals surface area contributed by atoms with Gasteiger partial charge in [-0.15, -0.1) is 22.7 Å². The van der Waals surface area contributed by atoms with Crippen LogP contribution in [0.4, 0.5) is 0 Å². The van der Waals surface area contributed by atoms with Crippen LogP contribution in [0.1, 0.15) is 39.9 Å². The number of hydrogen-bond acceptors (Lipinski definition) is 5. The van der Waals surface area contributed by atoms with Crippen LogP contribution < -0.4 is 0 Å². The lowest BCUT2D eigenvalue weighted by molar-refractivity contribution is 0.0702. The molecule has 100 valence electrons. The van der Waals surface area contributed by atoms with Crippen molar-refractivity contribution < 1.29 is 4.79 Å². The predicted octanol–water partition coefficient (Wildman–Crippen LogP) is 2.93. The number of amides is 1. The summed E-state index contributed by atoms with van der Waals surface area (Å²) in [4.78, 5) is 22.9. The number of piperidine rings is 1. The molecule has 1 fully saturated rings. The number of aryl methyl sites for hydroxylation is 1. The number of thiazole rings is 2. The van der Waals surface area contributed by atoms with Crippen LogP contribution in [0.25, 0.3) is 0 Å². The van der Waals surface area contributed by atoms with Gasteiger partial charge in [-0.25, -0.2) is 9.97 Å². The van der Waals surface area contributed by atoms with E-state index in [2.05, 4.69) is 15.3 Å². The lowest BCUT2D eigenvalue weighted by Crippen LogP contribution is -2.39. The van der Waals surface area contributed by atoms with E-state index in [-0.39, 0.29) is 5.91 Å². The largest absolute Gasteiger partial charge is 0.337 e. The fourth-order valence-corrected chi connectivity index (χ4v) is 3.85. The van der Waals surface area contributed by atoms with Crippen LogP contribution in [0.3, 0.4) is 0 Å². The minimum atomic E-state index is 0.0548. The smallest absolute Gasteiger partial charge is 0.273 e. The van der Waals surface area contributed by atoms with Crippen molar-refractivity contribution in [2.24, 2.45) is 0 Å². The molecule has 1 atom stereocenters. The van der Waals surface area contributed by atoms with Crippen molar-refractivity contribution >= 4 is 28.6 Å². The second-order valence-corrected chi connectivity index (χ2v) is 6.40. The molecule has 19 heavy (non-hydrogen) atoms. The highest BCUT2D eigenvalue weighted by atomic mass is 32.1. The van der Waals surface area contributed by atoms with E-state index in [4.69, 9.17) is 0 Å². The molecule has 3 rings (SSSR count). The van der Waals surface area contributed by atoms with E-state index in [0.29, 0.717) is 11.6 Å². The van der Waals surface area contributed by atoms with Gasteiger partial charge in [0.1, 0.15) is 5.69 Å². The van der Waals surface area contributed by atoms with Crippen LogP contribution in [-0.2, 0) is 0 Å². The lowest BCUT2D eigenvalue weighted by Gasteiger charge is -2.31. The van der Waals surface area contributed by atoms with Gasteiger partial charge in [0.25, 0.3) is 5.91 Å². The predicted molar refractivity (Wildman–Crippen MR) is 76.8 cm³/mol. The van der Waals surface area contributed by atoms with Gasteiger partial charge in [0.2, 0.25) is 0 Å². The first-order valence-electron chi connectivity index (χ1n) is 6.33. The van der Waals surface area contributed by atoms with Crippen LogP contribution in [-0.4, -0.2) is 33.9 Å². The molecule has 0 unspecified atom stereocenters. The van der Waals surface area contributed by atoms with Crippen molar-refractivity contribution in [2.45, 2.75) is 25.7 Å². The molecule has 0 radical (unpaired) electrons. The Kier molecular flexibility index (Phi) is 3.61. The van der Waals surface area contributed by atoms with E-state index in [1.165, 1.54) is 11.3 Å². The summed E-state index contributed by atoms with van der Waals surface area (Å²) in [6, 6.07) is 0. The Morgan fingerprint density at radius 3 is 3.05 bits per heavy atom.